The zero-order chi connectivity index (χ0) is 21.1. The summed E-state index contributed by atoms with van der Waals surface area (Å²) in [5.41, 5.74) is 1.59. The lowest BCUT2D eigenvalue weighted by Crippen LogP contribution is -2.28. The highest BCUT2D eigenvalue weighted by Gasteiger charge is 2.21. The molecule has 1 saturated carbocycles. The van der Waals surface area contributed by atoms with E-state index in [4.69, 9.17) is 9.47 Å². The Morgan fingerprint density at radius 2 is 1.93 bits per heavy atom. The maximum Gasteiger partial charge on any atom is 0.326 e. The number of nitrogens with zero attached hydrogens (tertiary/aromatic N) is 2. The number of rotatable bonds is 6. The van der Waals surface area contributed by atoms with Gasteiger partial charge in [0, 0.05) is 10.4 Å². The second-order valence-corrected chi connectivity index (χ2v) is 8.80. The Hall–Kier alpha value is -2.67. The molecule has 0 aliphatic heterocycles. The number of esters is 1. The van der Waals surface area contributed by atoms with E-state index in [1.54, 1.807) is 0 Å². The number of benzene rings is 1. The van der Waals surface area contributed by atoms with E-state index in [-0.39, 0.29) is 24.2 Å². The van der Waals surface area contributed by atoms with Crippen LogP contribution in [-0.2, 0) is 16.1 Å². The van der Waals surface area contributed by atoms with Gasteiger partial charge < -0.3 is 9.47 Å². The third kappa shape index (κ3) is 4.26. The number of ether oxygens (including phenoxy) is 2. The molecule has 1 aromatic carbocycles. The minimum Gasteiger partial charge on any atom is -0.494 e. The van der Waals surface area contributed by atoms with Crippen molar-refractivity contribution in [2.24, 2.45) is 0 Å². The number of aromatic nitrogens is 2. The molecule has 4 rings (SSSR count). The summed E-state index contributed by atoms with van der Waals surface area (Å²) < 4.78 is 12.5. The molecule has 0 radical (unpaired) electrons. The SMILES string of the molecule is CCOc1ccc(-c2c(C)sc3ncn(CC(=O)OC4CCCCC4)c(=O)c23)cc1. The van der Waals surface area contributed by atoms with Crippen molar-refractivity contribution in [3.05, 3.63) is 45.8 Å². The first-order valence-corrected chi connectivity index (χ1v) is 11.3. The minimum absolute atomic E-state index is 0.0264. The van der Waals surface area contributed by atoms with Crippen molar-refractivity contribution in [1.82, 2.24) is 9.55 Å². The summed E-state index contributed by atoms with van der Waals surface area (Å²) in [6.45, 7) is 4.42. The Morgan fingerprint density at radius 3 is 2.63 bits per heavy atom. The summed E-state index contributed by atoms with van der Waals surface area (Å²) >= 11 is 1.49. The number of hydrogen-bond donors (Lipinski definition) is 0. The van der Waals surface area contributed by atoms with E-state index in [9.17, 15) is 9.59 Å². The van der Waals surface area contributed by atoms with Gasteiger partial charge >= 0.3 is 5.97 Å². The molecule has 2 aromatic heterocycles. The number of fused-ring (bicyclic) bond motifs is 1. The predicted octanol–water partition coefficient (Wildman–Crippen LogP) is 4.71. The third-order valence-electron chi connectivity index (χ3n) is 5.46. The van der Waals surface area contributed by atoms with E-state index < -0.39 is 0 Å². The second-order valence-electron chi connectivity index (χ2n) is 7.60. The lowest BCUT2D eigenvalue weighted by molar-refractivity contribution is -0.151. The van der Waals surface area contributed by atoms with E-state index >= 15 is 0 Å². The molecule has 0 bridgehead atoms. The molecule has 1 fully saturated rings. The van der Waals surface area contributed by atoms with Crippen LogP contribution in [-0.4, -0.2) is 28.2 Å². The fourth-order valence-electron chi connectivity index (χ4n) is 4.03. The van der Waals surface area contributed by atoms with Crippen LogP contribution >= 0.6 is 11.3 Å². The Kier molecular flexibility index (Phi) is 6.18. The summed E-state index contributed by atoms with van der Waals surface area (Å²) in [6.07, 6.45) is 6.61. The normalized spacial score (nSPS) is 14.7. The third-order valence-corrected chi connectivity index (χ3v) is 6.47. The van der Waals surface area contributed by atoms with Gasteiger partial charge in [-0.1, -0.05) is 18.6 Å². The Bertz CT molecular complexity index is 1090. The maximum absolute atomic E-state index is 13.2. The highest BCUT2D eigenvalue weighted by Crippen LogP contribution is 2.36. The van der Waals surface area contributed by atoms with Crippen molar-refractivity contribution in [3.8, 4) is 16.9 Å². The summed E-state index contributed by atoms with van der Waals surface area (Å²) in [4.78, 5) is 31.8. The predicted molar refractivity (Wildman–Crippen MR) is 118 cm³/mol. The van der Waals surface area contributed by atoms with Gasteiger partial charge in [-0.25, -0.2) is 4.98 Å². The summed E-state index contributed by atoms with van der Waals surface area (Å²) in [6, 6.07) is 7.71. The average Bonchev–Trinajstić information content (AvgIpc) is 3.08. The molecule has 30 heavy (non-hydrogen) atoms. The standard InChI is InChI=1S/C23H26N2O4S/c1-3-28-17-11-9-16(10-12-17)20-15(2)30-22-21(20)23(27)25(14-24-22)13-19(26)29-18-7-5-4-6-8-18/h9-12,14,18H,3-8,13H2,1-2H3. The van der Waals surface area contributed by atoms with Crippen molar-refractivity contribution in [3.63, 3.8) is 0 Å². The molecule has 1 aliphatic carbocycles. The lowest BCUT2D eigenvalue weighted by Gasteiger charge is -2.21. The van der Waals surface area contributed by atoms with Crippen molar-refractivity contribution >= 4 is 27.5 Å². The number of carbonyl (C=O) groups is 1. The molecule has 3 aromatic rings. The van der Waals surface area contributed by atoms with Crippen LogP contribution in [0, 0.1) is 6.92 Å². The van der Waals surface area contributed by atoms with Crippen LogP contribution in [0.5, 0.6) is 5.75 Å². The van der Waals surface area contributed by atoms with Gasteiger partial charge in [0.15, 0.2) is 0 Å². The Labute approximate surface area is 179 Å². The van der Waals surface area contributed by atoms with E-state index in [1.165, 1.54) is 28.7 Å². The molecule has 158 valence electrons. The molecular weight excluding hydrogens is 400 g/mol. The van der Waals surface area contributed by atoms with Gasteiger partial charge in [-0.2, -0.15) is 0 Å². The molecule has 2 heterocycles. The van der Waals surface area contributed by atoms with E-state index in [2.05, 4.69) is 4.98 Å². The molecule has 0 atom stereocenters. The molecule has 6 nitrogen and oxygen atoms in total. The summed E-state index contributed by atoms with van der Waals surface area (Å²) in [5.74, 6) is 0.416. The van der Waals surface area contributed by atoms with Crippen molar-refractivity contribution in [2.75, 3.05) is 6.61 Å². The smallest absolute Gasteiger partial charge is 0.326 e. The van der Waals surface area contributed by atoms with Gasteiger partial charge in [0.1, 0.15) is 23.2 Å². The van der Waals surface area contributed by atoms with E-state index in [1.807, 2.05) is 38.1 Å². The Balaban J connectivity index is 1.63. The minimum atomic E-state index is -0.375. The first-order chi connectivity index (χ1) is 14.6. The molecular formula is C23H26N2O4S. The van der Waals surface area contributed by atoms with Crippen LogP contribution in [0.3, 0.4) is 0 Å². The van der Waals surface area contributed by atoms with Gasteiger partial charge in [-0.15, -0.1) is 11.3 Å². The summed E-state index contributed by atoms with van der Waals surface area (Å²) in [5, 5.41) is 0.551. The highest BCUT2D eigenvalue weighted by molar-refractivity contribution is 7.19. The first-order valence-electron chi connectivity index (χ1n) is 10.5. The zero-order valence-corrected chi connectivity index (χ0v) is 18.2. The molecule has 1 aliphatic rings. The summed E-state index contributed by atoms with van der Waals surface area (Å²) in [7, 11) is 0. The van der Waals surface area contributed by atoms with E-state index in [0.717, 1.165) is 47.4 Å². The van der Waals surface area contributed by atoms with E-state index in [0.29, 0.717) is 16.8 Å². The molecule has 0 saturated heterocycles. The van der Waals surface area contributed by atoms with Gasteiger partial charge in [0.25, 0.3) is 5.56 Å². The molecule has 0 spiro atoms. The first kappa shape index (κ1) is 20.6. The Morgan fingerprint density at radius 1 is 1.20 bits per heavy atom. The van der Waals surface area contributed by atoms with Crippen LogP contribution in [0.2, 0.25) is 0 Å². The maximum atomic E-state index is 13.2. The van der Waals surface area contributed by atoms with Gasteiger partial charge in [0.05, 0.1) is 18.3 Å². The van der Waals surface area contributed by atoms with Gasteiger partial charge in [0.2, 0.25) is 0 Å². The fraction of sp³-hybridized carbons (Fsp3) is 0.435. The molecule has 0 unspecified atom stereocenters. The molecule has 0 N–H and O–H groups in total. The number of carbonyl (C=O) groups excluding carboxylic acids is 1. The quantitative estimate of drug-likeness (QED) is 0.534. The van der Waals surface area contributed by atoms with Crippen molar-refractivity contribution in [1.29, 1.82) is 0 Å². The zero-order valence-electron chi connectivity index (χ0n) is 17.3. The number of aryl methyl sites for hydroxylation is 1. The topological polar surface area (TPSA) is 70.4 Å². The van der Waals surface area contributed by atoms with Gasteiger partial charge in [-0.05, 0) is 57.2 Å². The number of thiophene rings is 1. The van der Waals surface area contributed by atoms with Crippen molar-refractivity contribution < 1.29 is 14.3 Å². The van der Waals surface area contributed by atoms with Crippen LogP contribution in [0.4, 0.5) is 0 Å². The molecule has 0 amide bonds. The lowest BCUT2D eigenvalue weighted by atomic mass is 9.98. The van der Waals surface area contributed by atoms with Crippen LogP contribution in [0.1, 0.15) is 43.9 Å². The fourth-order valence-corrected chi connectivity index (χ4v) is 5.03. The van der Waals surface area contributed by atoms with Gasteiger partial charge in [-0.3, -0.25) is 14.2 Å². The largest absolute Gasteiger partial charge is 0.494 e. The van der Waals surface area contributed by atoms with Crippen LogP contribution in [0.25, 0.3) is 21.3 Å². The highest BCUT2D eigenvalue weighted by atomic mass is 32.1. The monoisotopic (exact) mass is 426 g/mol. The average molecular weight is 427 g/mol. The number of hydrogen-bond acceptors (Lipinski definition) is 6. The second kappa shape index (κ2) is 9.00. The van der Waals surface area contributed by atoms with Crippen LogP contribution < -0.4 is 10.3 Å². The molecule has 7 heteroatoms. The van der Waals surface area contributed by atoms with Crippen LogP contribution in [0.15, 0.2) is 35.4 Å². The van der Waals surface area contributed by atoms with Crippen molar-refractivity contribution in [2.45, 2.75) is 58.6 Å².